The van der Waals surface area contributed by atoms with Crippen molar-refractivity contribution in [1.82, 2.24) is 0 Å². The van der Waals surface area contributed by atoms with Gasteiger partial charge in [-0.25, -0.2) is 0 Å². The quantitative estimate of drug-likeness (QED) is 0.169. The van der Waals surface area contributed by atoms with Crippen molar-refractivity contribution in [2.45, 2.75) is 0 Å². The van der Waals surface area contributed by atoms with Crippen LogP contribution in [-0.2, 0) is 0 Å². The summed E-state index contributed by atoms with van der Waals surface area (Å²) in [5, 5.41) is 9.17. The van der Waals surface area contributed by atoms with Gasteiger partial charge in [0, 0.05) is 38.2 Å². The van der Waals surface area contributed by atoms with Crippen LogP contribution in [0.25, 0.3) is 98.8 Å². The molecular formula is C56H35NO2. The van der Waals surface area contributed by atoms with Gasteiger partial charge in [-0.05, 0) is 80.4 Å². The number of hydrogen-bond acceptors (Lipinski definition) is 3. The van der Waals surface area contributed by atoms with Crippen LogP contribution in [0.15, 0.2) is 221 Å². The molecule has 12 rings (SSSR count). The Labute approximate surface area is 340 Å². The highest BCUT2D eigenvalue weighted by Crippen LogP contribution is 2.48. The third-order valence-corrected chi connectivity index (χ3v) is 11.9. The Hall–Kier alpha value is -7.88. The molecule has 0 saturated carbocycles. The van der Waals surface area contributed by atoms with Gasteiger partial charge in [-0.2, -0.15) is 0 Å². The van der Waals surface area contributed by atoms with Gasteiger partial charge in [0.25, 0.3) is 0 Å². The summed E-state index contributed by atoms with van der Waals surface area (Å²) in [5.41, 5.74) is 13.4. The summed E-state index contributed by atoms with van der Waals surface area (Å²) >= 11 is 0. The van der Waals surface area contributed by atoms with E-state index in [9.17, 15) is 0 Å². The molecule has 0 spiro atoms. The first-order valence-electron chi connectivity index (χ1n) is 20.1. The maximum absolute atomic E-state index is 7.07. The number of hydrogen-bond donors (Lipinski definition) is 0. The van der Waals surface area contributed by atoms with Crippen LogP contribution < -0.4 is 4.90 Å². The van der Waals surface area contributed by atoms with Crippen LogP contribution >= 0.6 is 0 Å². The molecule has 0 N–H and O–H groups in total. The van der Waals surface area contributed by atoms with Crippen molar-refractivity contribution in [3.05, 3.63) is 212 Å². The number of para-hydroxylation sites is 3. The van der Waals surface area contributed by atoms with Crippen molar-refractivity contribution in [3.8, 4) is 33.4 Å². The monoisotopic (exact) mass is 753 g/mol. The Morgan fingerprint density at radius 1 is 0.288 bits per heavy atom. The van der Waals surface area contributed by atoms with Gasteiger partial charge in [0.05, 0.1) is 11.4 Å². The van der Waals surface area contributed by atoms with Gasteiger partial charge in [-0.15, -0.1) is 0 Å². The van der Waals surface area contributed by atoms with E-state index in [1.165, 1.54) is 21.9 Å². The molecule has 0 amide bonds. The summed E-state index contributed by atoms with van der Waals surface area (Å²) in [4.78, 5) is 2.37. The van der Waals surface area contributed by atoms with Crippen LogP contribution in [0.3, 0.4) is 0 Å². The molecule has 276 valence electrons. The molecule has 0 saturated heterocycles. The van der Waals surface area contributed by atoms with E-state index in [1.807, 2.05) is 12.1 Å². The molecule has 0 aliphatic rings. The SMILES string of the molecule is c1ccc(-c2cccc3c2oc2c(N(c4ccc(-c5cccc6ccccc56)cc4)c4ccc(-c5cccc6oc7ccccc7c56)c5ccccc45)cccc23)cc1. The molecule has 59 heavy (non-hydrogen) atoms. The van der Waals surface area contributed by atoms with Crippen LogP contribution in [-0.4, -0.2) is 0 Å². The van der Waals surface area contributed by atoms with Crippen molar-refractivity contribution >= 4 is 82.5 Å². The lowest BCUT2D eigenvalue weighted by molar-refractivity contribution is 0.669. The third kappa shape index (κ3) is 5.29. The lowest BCUT2D eigenvalue weighted by atomic mass is 9.93. The zero-order chi connectivity index (χ0) is 38.9. The lowest BCUT2D eigenvalue weighted by Gasteiger charge is -2.28. The van der Waals surface area contributed by atoms with E-state index in [0.717, 1.165) is 94.0 Å². The van der Waals surface area contributed by atoms with Crippen LogP contribution in [0.1, 0.15) is 0 Å². The van der Waals surface area contributed by atoms with E-state index in [-0.39, 0.29) is 0 Å². The standard InChI is InChI=1S/C56H35NO2/c1-2-14-37(15-3-1)42-23-11-25-47-48-26-12-27-51(56(48)59-55(42)47)57(39-32-30-38(31-33-39)41-22-10-17-36-16-4-5-18-40(36)41)50-35-34-44(43-19-6-7-20-45(43)50)46-24-13-29-53-54(46)49-21-8-9-28-52(49)58-53/h1-35H. The zero-order valence-electron chi connectivity index (χ0n) is 32.0. The average Bonchev–Trinajstić information content (AvgIpc) is 3.89. The molecule has 10 aromatic carbocycles. The van der Waals surface area contributed by atoms with E-state index in [4.69, 9.17) is 8.83 Å². The molecular weight excluding hydrogens is 719 g/mol. The van der Waals surface area contributed by atoms with E-state index in [1.54, 1.807) is 0 Å². The second-order valence-corrected chi connectivity index (χ2v) is 15.2. The van der Waals surface area contributed by atoms with Crippen molar-refractivity contribution < 1.29 is 8.83 Å². The first-order chi connectivity index (χ1) is 29.3. The minimum atomic E-state index is 0.840. The van der Waals surface area contributed by atoms with Crippen molar-refractivity contribution in [2.75, 3.05) is 4.90 Å². The minimum absolute atomic E-state index is 0.840. The van der Waals surface area contributed by atoms with Gasteiger partial charge in [0.1, 0.15) is 16.7 Å². The number of furan rings is 2. The van der Waals surface area contributed by atoms with E-state index in [2.05, 4.69) is 205 Å². The first-order valence-corrected chi connectivity index (χ1v) is 20.1. The molecule has 2 heterocycles. The van der Waals surface area contributed by atoms with Crippen LogP contribution in [0, 0.1) is 0 Å². The van der Waals surface area contributed by atoms with Gasteiger partial charge in [-0.3, -0.25) is 0 Å². The predicted octanol–water partition coefficient (Wildman–Crippen LogP) is 16.3. The highest BCUT2D eigenvalue weighted by Gasteiger charge is 2.24. The highest BCUT2D eigenvalue weighted by molar-refractivity contribution is 6.18. The van der Waals surface area contributed by atoms with E-state index < -0.39 is 0 Å². The van der Waals surface area contributed by atoms with E-state index >= 15 is 0 Å². The Balaban J connectivity index is 1.10. The number of fused-ring (bicyclic) bond motifs is 8. The molecule has 3 nitrogen and oxygen atoms in total. The number of benzene rings is 10. The molecule has 0 aliphatic heterocycles. The number of nitrogens with zero attached hydrogens (tertiary/aromatic N) is 1. The fourth-order valence-electron chi connectivity index (χ4n) is 9.21. The Morgan fingerprint density at radius 3 is 1.75 bits per heavy atom. The van der Waals surface area contributed by atoms with Crippen LogP contribution in [0.4, 0.5) is 17.1 Å². The fourth-order valence-corrected chi connectivity index (χ4v) is 9.21. The summed E-state index contributed by atoms with van der Waals surface area (Å²) in [6.07, 6.45) is 0. The Bertz CT molecular complexity index is 3550. The van der Waals surface area contributed by atoms with E-state index in [0.29, 0.717) is 0 Å². The summed E-state index contributed by atoms with van der Waals surface area (Å²) in [7, 11) is 0. The molecule has 0 aliphatic carbocycles. The molecule has 0 unspecified atom stereocenters. The van der Waals surface area contributed by atoms with Crippen molar-refractivity contribution in [1.29, 1.82) is 0 Å². The topological polar surface area (TPSA) is 29.5 Å². The number of anilines is 3. The van der Waals surface area contributed by atoms with Gasteiger partial charge in [0.2, 0.25) is 0 Å². The second-order valence-electron chi connectivity index (χ2n) is 15.2. The molecule has 0 bridgehead atoms. The maximum atomic E-state index is 7.07. The lowest BCUT2D eigenvalue weighted by Crippen LogP contribution is -2.11. The maximum Gasteiger partial charge on any atom is 0.159 e. The molecule has 12 aromatic rings. The van der Waals surface area contributed by atoms with Crippen molar-refractivity contribution in [2.24, 2.45) is 0 Å². The van der Waals surface area contributed by atoms with Gasteiger partial charge in [-0.1, -0.05) is 176 Å². The third-order valence-electron chi connectivity index (χ3n) is 11.9. The van der Waals surface area contributed by atoms with Crippen LogP contribution in [0.5, 0.6) is 0 Å². The molecule has 2 aromatic heterocycles. The highest BCUT2D eigenvalue weighted by atomic mass is 16.3. The molecule has 3 heteroatoms. The molecule has 0 fully saturated rings. The Kier molecular flexibility index (Phi) is 7.54. The average molecular weight is 754 g/mol. The summed E-state index contributed by atoms with van der Waals surface area (Å²) < 4.78 is 13.4. The molecule has 0 atom stereocenters. The largest absolute Gasteiger partial charge is 0.456 e. The normalized spacial score (nSPS) is 11.7. The first kappa shape index (κ1) is 33.3. The molecule has 0 radical (unpaired) electrons. The summed E-state index contributed by atoms with van der Waals surface area (Å²) in [6.45, 7) is 0. The number of rotatable bonds is 6. The minimum Gasteiger partial charge on any atom is -0.456 e. The van der Waals surface area contributed by atoms with Crippen molar-refractivity contribution in [3.63, 3.8) is 0 Å². The zero-order valence-corrected chi connectivity index (χ0v) is 32.0. The van der Waals surface area contributed by atoms with Gasteiger partial charge < -0.3 is 13.7 Å². The predicted molar refractivity (Wildman–Crippen MR) is 247 cm³/mol. The summed E-state index contributed by atoms with van der Waals surface area (Å²) in [6, 6.07) is 75.6. The van der Waals surface area contributed by atoms with Crippen LogP contribution in [0.2, 0.25) is 0 Å². The second kappa shape index (κ2) is 13.4. The smallest absolute Gasteiger partial charge is 0.159 e. The summed E-state index contributed by atoms with van der Waals surface area (Å²) in [5.74, 6) is 0. The fraction of sp³-hybridized carbons (Fsp3) is 0. The van der Waals surface area contributed by atoms with Gasteiger partial charge in [0.15, 0.2) is 5.58 Å². The van der Waals surface area contributed by atoms with Gasteiger partial charge >= 0.3 is 0 Å². The Morgan fingerprint density at radius 2 is 0.881 bits per heavy atom.